The number of aromatic nitrogens is 3. The number of aryl methyl sites for hydroxylation is 1. The summed E-state index contributed by atoms with van der Waals surface area (Å²) in [4.78, 5) is 18.6. The molecule has 0 aliphatic carbocycles. The Morgan fingerprint density at radius 2 is 2.35 bits per heavy atom. The van der Waals surface area contributed by atoms with Gasteiger partial charge in [-0.25, -0.2) is 0 Å². The zero-order valence-corrected chi connectivity index (χ0v) is 11.6. The Bertz CT molecular complexity index is 594. The van der Waals surface area contributed by atoms with Crippen molar-refractivity contribution in [3.63, 3.8) is 0 Å². The Balaban J connectivity index is 1.76. The van der Waals surface area contributed by atoms with Gasteiger partial charge in [0.05, 0.1) is 6.04 Å². The van der Waals surface area contributed by atoms with Crippen molar-refractivity contribution in [3.05, 3.63) is 48.0 Å². The van der Waals surface area contributed by atoms with E-state index in [1.54, 1.807) is 18.6 Å². The van der Waals surface area contributed by atoms with Crippen LogP contribution in [-0.4, -0.2) is 38.7 Å². The molecule has 3 rings (SSSR count). The molecule has 1 unspecified atom stereocenters. The second kappa shape index (κ2) is 5.45. The van der Waals surface area contributed by atoms with E-state index in [4.69, 9.17) is 0 Å². The Morgan fingerprint density at radius 3 is 3.10 bits per heavy atom. The third-order valence-electron chi connectivity index (χ3n) is 3.86. The van der Waals surface area contributed by atoms with Crippen LogP contribution in [0.2, 0.25) is 0 Å². The number of amides is 1. The molecule has 1 amide bonds. The summed E-state index contributed by atoms with van der Waals surface area (Å²) in [5, 5.41) is 4.27. The molecule has 2 aromatic heterocycles. The SMILES string of the molecule is CCc1cnccc1C(=O)N1CCC(n2cccn2)C1. The Morgan fingerprint density at radius 1 is 1.45 bits per heavy atom. The van der Waals surface area contributed by atoms with Gasteiger partial charge in [-0.05, 0) is 30.5 Å². The molecular weight excluding hydrogens is 252 g/mol. The molecule has 20 heavy (non-hydrogen) atoms. The summed E-state index contributed by atoms with van der Waals surface area (Å²) in [6.45, 7) is 3.56. The van der Waals surface area contributed by atoms with Gasteiger partial charge < -0.3 is 4.90 Å². The largest absolute Gasteiger partial charge is 0.336 e. The average molecular weight is 270 g/mol. The van der Waals surface area contributed by atoms with Gasteiger partial charge in [-0.2, -0.15) is 5.10 Å². The van der Waals surface area contributed by atoms with E-state index in [-0.39, 0.29) is 5.91 Å². The molecule has 0 aromatic carbocycles. The minimum Gasteiger partial charge on any atom is -0.336 e. The van der Waals surface area contributed by atoms with Gasteiger partial charge in [-0.1, -0.05) is 6.92 Å². The molecule has 1 aliphatic rings. The van der Waals surface area contributed by atoms with Crippen LogP contribution >= 0.6 is 0 Å². The van der Waals surface area contributed by atoms with E-state index in [2.05, 4.69) is 10.1 Å². The van der Waals surface area contributed by atoms with Crippen LogP contribution in [-0.2, 0) is 6.42 Å². The molecule has 3 heterocycles. The lowest BCUT2D eigenvalue weighted by Crippen LogP contribution is -2.30. The van der Waals surface area contributed by atoms with Gasteiger partial charge in [0.2, 0.25) is 0 Å². The number of carbonyl (C=O) groups is 1. The number of likely N-dealkylation sites (tertiary alicyclic amines) is 1. The number of hydrogen-bond donors (Lipinski definition) is 0. The minimum atomic E-state index is 0.110. The fourth-order valence-electron chi connectivity index (χ4n) is 2.73. The lowest BCUT2D eigenvalue weighted by molar-refractivity contribution is 0.0786. The average Bonchev–Trinajstić information content (AvgIpc) is 3.16. The van der Waals surface area contributed by atoms with E-state index in [0.717, 1.165) is 37.1 Å². The summed E-state index contributed by atoms with van der Waals surface area (Å²) in [5.74, 6) is 0.110. The third-order valence-corrected chi connectivity index (χ3v) is 3.86. The van der Waals surface area contributed by atoms with Crippen molar-refractivity contribution in [2.24, 2.45) is 0 Å². The Kier molecular flexibility index (Phi) is 3.50. The fourth-order valence-corrected chi connectivity index (χ4v) is 2.73. The molecule has 5 nitrogen and oxygen atoms in total. The van der Waals surface area contributed by atoms with Crippen molar-refractivity contribution < 1.29 is 4.79 Å². The molecule has 104 valence electrons. The van der Waals surface area contributed by atoms with Crippen molar-refractivity contribution in [2.45, 2.75) is 25.8 Å². The minimum absolute atomic E-state index is 0.110. The van der Waals surface area contributed by atoms with E-state index in [9.17, 15) is 4.79 Å². The van der Waals surface area contributed by atoms with Crippen LogP contribution in [0, 0.1) is 0 Å². The molecule has 1 fully saturated rings. The first kappa shape index (κ1) is 12.8. The van der Waals surface area contributed by atoms with Gasteiger partial charge in [0.1, 0.15) is 0 Å². The van der Waals surface area contributed by atoms with Gasteiger partial charge in [-0.15, -0.1) is 0 Å². The van der Waals surface area contributed by atoms with Crippen LogP contribution in [0.5, 0.6) is 0 Å². The first-order chi connectivity index (χ1) is 9.79. The maximum Gasteiger partial charge on any atom is 0.254 e. The van der Waals surface area contributed by atoms with Crippen LogP contribution in [0.25, 0.3) is 0 Å². The highest BCUT2D eigenvalue weighted by Gasteiger charge is 2.28. The van der Waals surface area contributed by atoms with Crippen LogP contribution < -0.4 is 0 Å². The molecule has 5 heteroatoms. The van der Waals surface area contributed by atoms with Crippen molar-refractivity contribution in [1.29, 1.82) is 0 Å². The quantitative estimate of drug-likeness (QED) is 0.856. The number of hydrogen-bond acceptors (Lipinski definition) is 3. The molecule has 0 radical (unpaired) electrons. The zero-order chi connectivity index (χ0) is 13.9. The standard InChI is InChI=1S/C15H18N4O/c1-2-12-10-16-7-4-14(12)15(20)18-9-5-13(11-18)19-8-3-6-17-19/h3-4,6-8,10,13H,2,5,9,11H2,1H3. The first-order valence-corrected chi connectivity index (χ1v) is 7.01. The van der Waals surface area contributed by atoms with Gasteiger partial charge >= 0.3 is 0 Å². The lowest BCUT2D eigenvalue weighted by Gasteiger charge is -2.18. The smallest absolute Gasteiger partial charge is 0.254 e. The Labute approximate surface area is 118 Å². The predicted octanol–water partition coefficient (Wildman–Crippen LogP) is 1.93. The molecule has 0 saturated carbocycles. The summed E-state index contributed by atoms with van der Waals surface area (Å²) < 4.78 is 1.95. The fraction of sp³-hybridized carbons (Fsp3) is 0.400. The summed E-state index contributed by atoms with van der Waals surface area (Å²) >= 11 is 0. The van der Waals surface area contributed by atoms with E-state index in [1.165, 1.54) is 0 Å². The number of pyridine rings is 1. The van der Waals surface area contributed by atoms with Gasteiger partial charge in [0, 0.05) is 43.4 Å². The van der Waals surface area contributed by atoms with Crippen LogP contribution in [0.3, 0.4) is 0 Å². The lowest BCUT2D eigenvalue weighted by atomic mass is 10.1. The van der Waals surface area contributed by atoms with Crippen LogP contribution in [0.4, 0.5) is 0 Å². The molecule has 1 aliphatic heterocycles. The normalized spacial score (nSPS) is 18.4. The third kappa shape index (κ3) is 2.31. The van der Waals surface area contributed by atoms with E-state index >= 15 is 0 Å². The summed E-state index contributed by atoms with van der Waals surface area (Å²) in [5.41, 5.74) is 1.80. The molecule has 2 aromatic rings. The van der Waals surface area contributed by atoms with Crippen molar-refractivity contribution >= 4 is 5.91 Å². The van der Waals surface area contributed by atoms with Crippen molar-refractivity contribution in [1.82, 2.24) is 19.7 Å². The van der Waals surface area contributed by atoms with Gasteiger partial charge in [0.25, 0.3) is 5.91 Å². The molecule has 1 atom stereocenters. The van der Waals surface area contributed by atoms with Gasteiger partial charge in [-0.3, -0.25) is 14.5 Å². The second-order valence-corrected chi connectivity index (χ2v) is 5.07. The summed E-state index contributed by atoms with van der Waals surface area (Å²) in [6.07, 6.45) is 9.00. The van der Waals surface area contributed by atoms with Crippen LogP contribution in [0.1, 0.15) is 35.3 Å². The van der Waals surface area contributed by atoms with E-state index in [0.29, 0.717) is 6.04 Å². The maximum atomic E-state index is 12.6. The second-order valence-electron chi connectivity index (χ2n) is 5.07. The van der Waals surface area contributed by atoms with Crippen molar-refractivity contribution in [3.8, 4) is 0 Å². The first-order valence-electron chi connectivity index (χ1n) is 7.01. The molecule has 1 saturated heterocycles. The molecular formula is C15H18N4O. The van der Waals surface area contributed by atoms with Gasteiger partial charge in [0.15, 0.2) is 0 Å². The molecule has 0 N–H and O–H groups in total. The number of carbonyl (C=O) groups excluding carboxylic acids is 1. The summed E-state index contributed by atoms with van der Waals surface area (Å²) in [6, 6.07) is 4.03. The predicted molar refractivity (Wildman–Crippen MR) is 75.4 cm³/mol. The number of rotatable bonds is 3. The zero-order valence-electron chi connectivity index (χ0n) is 11.6. The van der Waals surface area contributed by atoms with Crippen molar-refractivity contribution in [2.75, 3.05) is 13.1 Å². The topological polar surface area (TPSA) is 51.0 Å². The summed E-state index contributed by atoms with van der Waals surface area (Å²) in [7, 11) is 0. The van der Waals surface area contributed by atoms with Crippen LogP contribution in [0.15, 0.2) is 36.9 Å². The van der Waals surface area contributed by atoms with E-state index in [1.807, 2.05) is 34.8 Å². The highest BCUT2D eigenvalue weighted by atomic mass is 16.2. The molecule has 0 bridgehead atoms. The van der Waals surface area contributed by atoms with E-state index < -0.39 is 0 Å². The highest BCUT2D eigenvalue weighted by molar-refractivity contribution is 5.95. The maximum absolute atomic E-state index is 12.6. The molecule has 0 spiro atoms. The highest BCUT2D eigenvalue weighted by Crippen LogP contribution is 2.23. The number of nitrogens with zero attached hydrogens (tertiary/aromatic N) is 4. The monoisotopic (exact) mass is 270 g/mol. The Hall–Kier alpha value is -2.17.